The molecule has 17 heavy (non-hydrogen) atoms. The van der Waals surface area contributed by atoms with Gasteiger partial charge in [-0.15, -0.1) is 0 Å². The summed E-state index contributed by atoms with van der Waals surface area (Å²) in [6, 6.07) is 3.98. The van der Waals surface area contributed by atoms with Gasteiger partial charge in [0.1, 0.15) is 0 Å². The van der Waals surface area contributed by atoms with Gasteiger partial charge in [0.2, 0.25) is 0 Å². The zero-order valence-corrected chi connectivity index (χ0v) is 12.2. The molecule has 2 nitrogen and oxygen atoms in total. The van der Waals surface area contributed by atoms with E-state index in [1.807, 2.05) is 12.1 Å². The SMILES string of the molecule is CCCN(c1ccc(CN)c(Br)c1F)C(C)C. The van der Waals surface area contributed by atoms with Crippen LogP contribution in [0.25, 0.3) is 0 Å². The number of hydrogen-bond donors (Lipinski definition) is 1. The third kappa shape index (κ3) is 3.19. The number of halogens is 2. The van der Waals surface area contributed by atoms with Crippen LogP contribution in [-0.4, -0.2) is 12.6 Å². The molecule has 0 bridgehead atoms. The molecule has 0 unspecified atom stereocenters. The summed E-state index contributed by atoms with van der Waals surface area (Å²) in [6.07, 6.45) is 0.994. The molecule has 0 aliphatic carbocycles. The Hall–Kier alpha value is -0.610. The lowest BCUT2D eigenvalue weighted by Gasteiger charge is -2.29. The van der Waals surface area contributed by atoms with Crippen molar-refractivity contribution in [3.8, 4) is 0 Å². The molecule has 0 saturated heterocycles. The summed E-state index contributed by atoms with van der Waals surface area (Å²) >= 11 is 3.28. The van der Waals surface area contributed by atoms with E-state index < -0.39 is 0 Å². The van der Waals surface area contributed by atoms with E-state index in [0.717, 1.165) is 18.5 Å². The van der Waals surface area contributed by atoms with E-state index in [9.17, 15) is 4.39 Å². The quantitative estimate of drug-likeness (QED) is 0.899. The lowest BCUT2D eigenvalue weighted by atomic mass is 10.1. The summed E-state index contributed by atoms with van der Waals surface area (Å²) in [7, 11) is 0. The standard InChI is InChI=1S/C13H20BrFN2/c1-4-7-17(9(2)3)11-6-5-10(8-16)12(14)13(11)15/h5-6,9H,4,7-8,16H2,1-3H3. The van der Waals surface area contributed by atoms with Gasteiger partial charge in [0.25, 0.3) is 0 Å². The van der Waals surface area contributed by atoms with Crippen LogP contribution in [0.1, 0.15) is 32.8 Å². The second kappa shape index (κ2) is 6.36. The Bertz CT molecular complexity index is 380. The van der Waals surface area contributed by atoms with Gasteiger partial charge >= 0.3 is 0 Å². The highest BCUT2D eigenvalue weighted by Crippen LogP contribution is 2.30. The van der Waals surface area contributed by atoms with Crippen molar-refractivity contribution in [2.75, 3.05) is 11.4 Å². The number of hydrogen-bond acceptors (Lipinski definition) is 2. The Balaban J connectivity index is 3.16. The maximum atomic E-state index is 14.2. The average molecular weight is 303 g/mol. The van der Waals surface area contributed by atoms with Gasteiger partial charge in [0.15, 0.2) is 5.82 Å². The van der Waals surface area contributed by atoms with Crippen LogP contribution in [0.4, 0.5) is 10.1 Å². The van der Waals surface area contributed by atoms with Crippen LogP contribution < -0.4 is 10.6 Å². The summed E-state index contributed by atoms with van der Waals surface area (Å²) in [5.74, 6) is -0.213. The molecule has 0 atom stereocenters. The molecule has 0 aliphatic rings. The molecule has 2 N–H and O–H groups in total. The first kappa shape index (κ1) is 14.5. The van der Waals surface area contributed by atoms with E-state index in [1.54, 1.807) is 0 Å². The van der Waals surface area contributed by atoms with Crippen molar-refractivity contribution in [1.82, 2.24) is 0 Å². The van der Waals surface area contributed by atoms with Crippen molar-refractivity contribution >= 4 is 21.6 Å². The van der Waals surface area contributed by atoms with Crippen molar-refractivity contribution in [2.45, 2.75) is 39.8 Å². The number of nitrogens with two attached hydrogens (primary N) is 1. The molecule has 0 fully saturated rings. The Kier molecular flexibility index (Phi) is 5.40. The lowest BCUT2D eigenvalue weighted by Crippen LogP contribution is -2.32. The van der Waals surface area contributed by atoms with Crippen molar-refractivity contribution in [3.05, 3.63) is 28.0 Å². The van der Waals surface area contributed by atoms with E-state index in [0.29, 0.717) is 16.7 Å². The summed E-state index contributed by atoms with van der Waals surface area (Å²) in [6.45, 7) is 7.42. The lowest BCUT2D eigenvalue weighted by molar-refractivity contribution is 0.590. The van der Waals surface area contributed by atoms with Crippen molar-refractivity contribution < 1.29 is 4.39 Å². The molecule has 1 rings (SSSR count). The second-order valence-corrected chi connectivity index (χ2v) is 5.16. The average Bonchev–Trinajstić information content (AvgIpc) is 2.30. The first-order valence-electron chi connectivity index (χ1n) is 5.96. The van der Waals surface area contributed by atoms with Crippen molar-refractivity contribution in [2.24, 2.45) is 5.73 Å². The second-order valence-electron chi connectivity index (χ2n) is 4.36. The normalized spacial score (nSPS) is 11.0. The molecule has 96 valence electrons. The summed E-state index contributed by atoms with van der Waals surface area (Å²) in [5, 5.41) is 0. The zero-order chi connectivity index (χ0) is 13.0. The van der Waals surface area contributed by atoms with E-state index in [1.165, 1.54) is 0 Å². The number of anilines is 1. The third-order valence-electron chi connectivity index (χ3n) is 2.76. The van der Waals surface area contributed by atoms with Gasteiger partial charge < -0.3 is 10.6 Å². The van der Waals surface area contributed by atoms with E-state index >= 15 is 0 Å². The summed E-state index contributed by atoms with van der Waals surface area (Å²) < 4.78 is 14.7. The van der Waals surface area contributed by atoms with Crippen LogP contribution in [0, 0.1) is 5.82 Å². The fourth-order valence-corrected chi connectivity index (χ4v) is 2.35. The van der Waals surface area contributed by atoms with Crippen molar-refractivity contribution in [1.29, 1.82) is 0 Å². The fourth-order valence-electron chi connectivity index (χ4n) is 1.86. The molecule has 1 aromatic rings. The maximum Gasteiger partial charge on any atom is 0.160 e. The minimum atomic E-state index is -0.213. The summed E-state index contributed by atoms with van der Waals surface area (Å²) in [4.78, 5) is 2.07. The van der Waals surface area contributed by atoms with Gasteiger partial charge in [-0.05, 0) is 47.8 Å². The number of benzene rings is 1. The molecule has 0 saturated carbocycles. The van der Waals surface area contributed by atoms with Gasteiger partial charge in [0, 0.05) is 19.1 Å². The molecule has 4 heteroatoms. The maximum absolute atomic E-state index is 14.2. The van der Waals surface area contributed by atoms with Crippen LogP contribution in [0.3, 0.4) is 0 Å². The molecular formula is C13H20BrFN2. The smallest absolute Gasteiger partial charge is 0.160 e. The van der Waals surface area contributed by atoms with Gasteiger partial charge in [0.05, 0.1) is 10.2 Å². The van der Waals surface area contributed by atoms with E-state index in [2.05, 4.69) is 41.6 Å². The highest BCUT2D eigenvalue weighted by atomic mass is 79.9. The summed E-state index contributed by atoms with van der Waals surface area (Å²) in [5.41, 5.74) is 7.00. The Labute approximate surface area is 111 Å². The van der Waals surface area contributed by atoms with Gasteiger partial charge in [-0.25, -0.2) is 4.39 Å². The molecule has 0 aliphatic heterocycles. The van der Waals surface area contributed by atoms with Crippen LogP contribution in [0.5, 0.6) is 0 Å². The molecule has 0 spiro atoms. The zero-order valence-electron chi connectivity index (χ0n) is 10.6. The Morgan fingerprint density at radius 2 is 2.06 bits per heavy atom. The largest absolute Gasteiger partial charge is 0.367 e. The van der Waals surface area contributed by atoms with Crippen LogP contribution in [-0.2, 0) is 6.54 Å². The Morgan fingerprint density at radius 1 is 1.41 bits per heavy atom. The minimum Gasteiger partial charge on any atom is -0.367 e. The topological polar surface area (TPSA) is 29.3 Å². The first-order chi connectivity index (χ1) is 8.02. The third-order valence-corrected chi connectivity index (χ3v) is 3.62. The molecule has 0 heterocycles. The van der Waals surface area contributed by atoms with Crippen LogP contribution in [0.2, 0.25) is 0 Å². The predicted octanol–water partition coefficient (Wildman–Crippen LogP) is 3.67. The van der Waals surface area contributed by atoms with Crippen molar-refractivity contribution in [3.63, 3.8) is 0 Å². The monoisotopic (exact) mass is 302 g/mol. The fraction of sp³-hybridized carbons (Fsp3) is 0.538. The number of nitrogens with zero attached hydrogens (tertiary/aromatic N) is 1. The minimum absolute atomic E-state index is 0.213. The first-order valence-corrected chi connectivity index (χ1v) is 6.75. The molecule has 0 aromatic heterocycles. The Morgan fingerprint density at radius 3 is 2.53 bits per heavy atom. The molecule has 1 aromatic carbocycles. The molecular weight excluding hydrogens is 283 g/mol. The van der Waals surface area contributed by atoms with Crippen LogP contribution in [0.15, 0.2) is 16.6 Å². The van der Waals surface area contributed by atoms with Gasteiger partial charge in [-0.3, -0.25) is 0 Å². The van der Waals surface area contributed by atoms with Gasteiger partial charge in [-0.1, -0.05) is 13.0 Å². The molecule has 0 amide bonds. The highest BCUT2D eigenvalue weighted by Gasteiger charge is 2.17. The van der Waals surface area contributed by atoms with E-state index in [4.69, 9.17) is 5.73 Å². The van der Waals surface area contributed by atoms with E-state index in [-0.39, 0.29) is 11.9 Å². The predicted molar refractivity (Wildman–Crippen MR) is 74.8 cm³/mol. The highest BCUT2D eigenvalue weighted by molar-refractivity contribution is 9.10. The van der Waals surface area contributed by atoms with Crippen LogP contribution >= 0.6 is 15.9 Å². The van der Waals surface area contributed by atoms with Gasteiger partial charge in [-0.2, -0.15) is 0 Å². The number of rotatable bonds is 5. The molecule has 0 radical (unpaired) electrons.